The van der Waals surface area contributed by atoms with Crippen molar-refractivity contribution in [2.45, 2.75) is 77.1 Å². The Morgan fingerprint density at radius 3 is 2.28 bits per heavy atom. The zero-order valence-corrected chi connectivity index (χ0v) is 22.9. The molecule has 1 aliphatic carbocycles. The third-order valence-corrected chi connectivity index (χ3v) is 6.52. The topological polar surface area (TPSA) is 114 Å². The van der Waals surface area contributed by atoms with Gasteiger partial charge in [0.15, 0.2) is 0 Å². The van der Waals surface area contributed by atoms with E-state index in [1.54, 1.807) is 37.4 Å². The molecule has 1 saturated carbocycles. The molecule has 0 spiro atoms. The summed E-state index contributed by atoms with van der Waals surface area (Å²) in [6.45, 7) is 6.89. The van der Waals surface area contributed by atoms with Crippen LogP contribution in [0.15, 0.2) is 24.3 Å². The van der Waals surface area contributed by atoms with Crippen LogP contribution in [0.2, 0.25) is 0 Å². The Bertz CT molecular complexity index is 911. The van der Waals surface area contributed by atoms with Gasteiger partial charge in [-0.2, -0.15) is 11.8 Å². The first kappa shape index (κ1) is 29.5. The zero-order chi connectivity index (χ0) is 26.9. The van der Waals surface area contributed by atoms with Crippen LogP contribution in [0.5, 0.6) is 0 Å². The lowest BCUT2D eigenvalue weighted by Gasteiger charge is -2.43. The minimum atomic E-state index is -0.967. The average molecular weight is 522 g/mol. The second-order valence-corrected chi connectivity index (χ2v) is 10.9. The molecule has 0 aliphatic heterocycles. The standard InChI is InChI=1S/C26H39N3O6S/c1-17-10-12-18(13-11-17)22(23(31)27-16-21(30)34-5)29(19-8-7-9-19)24(32)20(14-15-36-6)28-25(33)35-26(2,3)4/h10-13,19-20,22H,7-9,14-16H2,1-6H3,(H,27,31)(H,28,33). The third-order valence-electron chi connectivity index (χ3n) is 5.88. The smallest absolute Gasteiger partial charge is 0.408 e. The maximum Gasteiger partial charge on any atom is 0.408 e. The van der Waals surface area contributed by atoms with Gasteiger partial charge in [0.2, 0.25) is 11.8 Å². The average Bonchev–Trinajstić information content (AvgIpc) is 2.77. The van der Waals surface area contributed by atoms with Gasteiger partial charge in [-0.15, -0.1) is 0 Å². The first-order chi connectivity index (χ1) is 17.0. The van der Waals surface area contributed by atoms with Crippen LogP contribution in [0.1, 0.15) is 63.6 Å². The maximum absolute atomic E-state index is 14.0. The monoisotopic (exact) mass is 521 g/mol. The van der Waals surface area contributed by atoms with Crippen molar-refractivity contribution in [2.75, 3.05) is 25.7 Å². The molecule has 1 fully saturated rings. The molecule has 9 nitrogen and oxygen atoms in total. The van der Waals surface area contributed by atoms with Gasteiger partial charge in [0.25, 0.3) is 0 Å². The summed E-state index contributed by atoms with van der Waals surface area (Å²) in [5.74, 6) is -0.783. The van der Waals surface area contributed by atoms with Gasteiger partial charge < -0.3 is 25.0 Å². The van der Waals surface area contributed by atoms with E-state index in [0.717, 1.165) is 24.8 Å². The maximum atomic E-state index is 14.0. The largest absolute Gasteiger partial charge is 0.468 e. The minimum absolute atomic E-state index is 0.162. The summed E-state index contributed by atoms with van der Waals surface area (Å²) in [6, 6.07) is 5.39. The normalized spacial score (nSPS) is 15.2. The number of nitrogens with zero attached hydrogens (tertiary/aromatic N) is 1. The number of esters is 1. The Kier molecular flexibility index (Phi) is 11.1. The summed E-state index contributed by atoms with van der Waals surface area (Å²) in [6.07, 6.45) is 4.06. The van der Waals surface area contributed by atoms with Gasteiger partial charge in [-0.05, 0) is 71.0 Å². The second kappa shape index (κ2) is 13.5. The number of rotatable bonds is 11. The van der Waals surface area contributed by atoms with E-state index < -0.39 is 35.7 Å². The van der Waals surface area contributed by atoms with Gasteiger partial charge in [0, 0.05) is 6.04 Å². The van der Waals surface area contributed by atoms with Gasteiger partial charge in [-0.1, -0.05) is 29.8 Å². The molecule has 36 heavy (non-hydrogen) atoms. The fourth-order valence-corrected chi connectivity index (χ4v) is 4.29. The number of hydrogen-bond donors (Lipinski definition) is 2. The molecule has 0 heterocycles. The van der Waals surface area contributed by atoms with Gasteiger partial charge in [-0.3, -0.25) is 14.4 Å². The van der Waals surface area contributed by atoms with E-state index >= 15 is 0 Å². The van der Waals surface area contributed by atoms with Crippen molar-refractivity contribution in [3.05, 3.63) is 35.4 Å². The second-order valence-electron chi connectivity index (χ2n) is 9.92. The highest BCUT2D eigenvalue weighted by atomic mass is 32.2. The molecule has 2 rings (SSSR count). The summed E-state index contributed by atoms with van der Waals surface area (Å²) in [5, 5.41) is 5.35. The molecular formula is C26H39N3O6S. The molecule has 200 valence electrons. The summed E-state index contributed by atoms with van der Waals surface area (Å²) >= 11 is 1.56. The van der Waals surface area contributed by atoms with Crippen LogP contribution in [-0.2, 0) is 23.9 Å². The lowest BCUT2D eigenvalue weighted by molar-refractivity contribution is -0.148. The van der Waals surface area contributed by atoms with Crippen LogP contribution < -0.4 is 10.6 Å². The number of aryl methyl sites for hydroxylation is 1. The minimum Gasteiger partial charge on any atom is -0.468 e. The number of carbonyl (C=O) groups is 4. The van der Waals surface area contributed by atoms with Crippen LogP contribution in [0, 0.1) is 6.92 Å². The Morgan fingerprint density at radius 1 is 1.14 bits per heavy atom. The molecule has 0 radical (unpaired) electrons. The van der Waals surface area contributed by atoms with Gasteiger partial charge in [0.05, 0.1) is 7.11 Å². The highest BCUT2D eigenvalue weighted by molar-refractivity contribution is 7.98. The molecule has 10 heteroatoms. The van der Waals surface area contributed by atoms with Gasteiger partial charge >= 0.3 is 12.1 Å². The number of benzene rings is 1. The SMILES string of the molecule is COC(=O)CNC(=O)C(c1ccc(C)cc1)N(C(=O)C(CCSC)NC(=O)OC(C)(C)C)C1CCC1. The van der Waals surface area contributed by atoms with Crippen LogP contribution in [-0.4, -0.2) is 72.1 Å². The summed E-state index contributed by atoms with van der Waals surface area (Å²) in [7, 11) is 1.24. The Balaban J connectivity index is 2.43. The number of alkyl carbamates (subject to hydrolysis) is 1. The Morgan fingerprint density at radius 2 is 1.78 bits per heavy atom. The summed E-state index contributed by atoms with van der Waals surface area (Å²) in [5.41, 5.74) is 0.922. The van der Waals surface area contributed by atoms with Crippen molar-refractivity contribution in [3.8, 4) is 0 Å². The third kappa shape index (κ3) is 8.72. The van der Waals surface area contributed by atoms with E-state index in [1.165, 1.54) is 7.11 Å². The van der Waals surface area contributed by atoms with Crippen molar-refractivity contribution >= 4 is 35.6 Å². The van der Waals surface area contributed by atoms with Crippen molar-refractivity contribution in [1.82, 2.24) is 15.5 Å². The van der Waals surface area contributed by atoms with Crippen LogP contribution in [0.25, 0.3) is 0 Å². The fraction of sp³-hybridized carbons (Fsp3) is 0.615. The quantitative estimate of drug-likeness (QED) is 0.429. The Labute approximate surface area is 218 Å². The van der Waals surface area contributed by atoms with E-state index in [9.17, 15) is 19.2 Å². The number of hydrogen-bond acceptors (Lipinski definition) is 7. The number of ether oxygens (including phenoxy) is 2. The number of amides is 3. The molecule has 0 aromatic heterocycles. The highest BCUT2D eigenvalue weighted by Gasteiger charge is 2.42. The van der Waals surface area contributed by atoms with Gasteiger partial charge in [-0.25, -0.2) is 4.79 Å². The van der Waals surface area contributed by atoms with Crippen molar-refractivity contribution in [1.29, 1.82) is 0 Å². The predicted octanol–water partition coefficient (Wildman–Crippen LogP) is 3.35. The first-order valence-electron chi connectivity index (χ1n) is 12.2. The highest BCUT2D eigenvalue weighted by Crippen LogP contribution is 2.34. The van der Waals surface area contributed by atoms with Crippen molar-refractivity contribution in [2.24, 2.45) is 0 Å². The molecule has 3 amide bonds. The molecule has 2 unspecified atom stereocenters. The zero-order valence-electron chi connectivity index (χ0n) is 22.1. The van der Waals surface area contributed by atoms with Crippen LogP contribution >= 0.6 is 11.8 Å². The summed E-state index contributed by atoms with van der Waals surface area (Å²) in [4.78, 5) is 53.4. The van der Waals surface area contributed by atoms with E-state index in [4.69, 9.17) is 4.74 Å². The first-order valence-corrected chi connectivity index (χ1v) is 13.6. The lowest BCUT2D eigenvalue weighted by atomic mass is 9.88. The molecule has 1 aliphatic rings. The van der Waals surface area contributed by atoms with Crippen LogP contribution in [0.3, 0.4) is 0 Å². The Hall–Kier alpha value is -2.75. The lowest BCUT2D eigenvalue weighted by Crippen LogP contribution is -2.57. The molecule has 0 bridgehead atoms. The molecular weight excluding hydrogens is 482 g/mol. The van der Waals surface area contributed by atoms with Crippen LogP contribution in [0.4, 0.5) is 4.79 Å². The molecule has 2 atom stereocenters. The summed E-state index contributed by atoms with van der Waals surface area (Å²) < 4.78 is 10.1. The van der Waals surface area contributed by atoms with E-state index in [2.05, 4.69) is 15.4 Å². The van der Waals surface area contributed by atoms with Crippen molar-refractivity contribution < 1.29 is 28.7 Å². The van der Waals surface area contributed by atoms with Gasteiger partial charge in [0.1, 0.15) is 24.2 Å². The van der Waals surface area contributed by atoms with E-state index in [-0.39, 0.29) is 18.5 Å². The molecule has 1 aromatic rings. The fourth-order valence-electron chi connectivity index (χ4n) is 3.82. The van der Waals surface area contributed by atoms with E-state index in [0.29, 0.717) is 17.7 Å². The molecule has 1 aromatic carbocycles. The predicted molar refractivity (Wildman–Crippen MR) is 140 cm³/mol. The van der Waals surface area contributed by atoms with Crippen molar-refractivity contribution in [3.63, 3.8) is 0 Å². The number of nitrogens with one attached hydrogen (secondary N) is 2. The number of carbonyl (C=O) groups excluding carboxylic acids is 4. The molecule has 0 saturated heterocycles. The number of methoxy groups -OCH3 is 1. The molecule has 2 N–H and O–H groups in total. The van der Waals surface area contributed by atoms with E-state index in [1.807, 2.05) is 37.4 Å². The number of thioether (sulfide) groups is 1.